The molecule has 0 radical (unpaired) electrons. The third-order valence-electron chi connectivity index (χ3n) is 4.45. The van der Waals surface area contributed by atoms with Gasteiger partial charge in [0.2, 0.25) is 5.91 Å². The van der Waals surface area contributed by atoms with E-state index in [1.54, 1.807) is 30.3 Å². The zero-order valence-corrected chi connectivity index (χ0v) is 14.0. The summed E-state index contributed by atoms with van der Waals surface area (Å²) in [7, 11) is 0. The molecule has 7 heteroatoms. The largest absolute Gasteiger partial charge is 0.508 e. The summed E-state index contributed by atoms with van der Waals surface area (Å²) in [5, 5.41) is 14.2. The van der Waals surface area contributed by atoms with Crippen LogP contribution in [-0.4, -0.2) is 48.8 Å². The third kappa shape index (κ3) is 3.26. The minimum atomic E-state index is -0.512. The number of benzene rings is 2. The molecule has 4 rings (SSSR count). The molecular weight excluding hydrogens is 336 g/mol. The van der Waals surface area contributed by atoms with Gasteiger partial charge in [0, 0.05) is 35.6 Å². The highest BCUT2D eigenvalue weighted by Gasteiger charge is 2.15. The maximum Gasteiger partial charge on any atom is 0.344 e. The minimum Gasteiger partial charge on any atom is -0.508 e. The van der Waals surface area contributed by atoms with Gasteiger partial charge in [0.15, 0.2) is 0 Å². The summed E-state index contributed by atoms with van der Waals surface area (Å²) in [4.78, 5) is 26.5. The molecule has 0 aliphatic carbocycles. The SMILES string of the molecule is O=C(CN1CCOCC1)Nc1ccc2c(c1)c(=O)oc1cc(O)ccc12. The summed E-state index contributed by atoms with van der Waals surface area (Å²) in [6.07, 6.45) is 0. The van der Waals surface area contributed by atoms with Gasteiger partial charge in [-0.05, 0) is 24.3 Å². The van der Waals surface area contributed by atoms with E-state index in [9.17, 15) is 14.7 Å². The minimum absolute atomic E-state index is 0.0343. The number of ether oxygens (including phenoxy) is 1. The monoisotopic (exact) mass is 354 g/mol. The molecule has 2 aromatic carbocycles. The van der Waals surface area contributed by atoms with E-state index >= 15 is 0 Å². The van der Waals surface area contributed by atoms with Gasteiger partial charge in [0.05, 0.1) is 25.1 Å². The Hall–Kier alpha value is -2.90. The van der Waals surface area contributed by atoms with Crippen LogP contribution >= 0.6 is 0 Å². The van der Waals surface area contributed by atoms with E-state index in [2.05, 4.69) is 5.32 Å². The molecule has 2 heterocycles. The van der Waals surface area contributed by atoms with Crippen LogP contribution in [0.1, 0.15) is 0 Å². The number of nitrogens with one attached hydrogen (secondary N) is 1. The molecule has 0 saturated carbocycles. The van der Waals surface area contributed by atoms with E-state index in [0.29, 0.717) is 35.3 Å². The third-order valence-corrected chi connectivity index (χ3v) is 4.45. The Kier molecular flexibility index (Phi) is 4.32. The van der Waals surface area contributed by atoms with Crippen molar-refractivity contribution in [3.63, 3.8) is 0 Å². The number of phenolic OH excluding ortho intramolecular Hbond substituents is 1. The van der Waals surface area contributed by atoms with Gasteiger partial charge in [-0.15, -0.1) is 0 Å². The second-order valence-corrected chi connectivity index (χ2v) is 6.27. The fraction of sp³-hybridized carbons (Fsp3) is 0.263. The number of aromatic hydroxyl groups is 1. The summed E-state index contributed by atoms with van der Waals surface area (Å²) in [5.74, 6) is -0.103. The summed E-state index contributed by atoms with van der Waals surface area (Å²) >= 11 is 0. The molecule has 1 aliphatic rings. The van der Waals surface area contributed by atoms with Crippen molar-refractivity contribution in [1.82, 2.24) is 4.90 Å². The lowest BCUT2D eigenvalue weighted by Crippen LogP contribution is -2.41. The predicted molar refractivity (Wildman–Crippen MR) is 97.5 cm³/mol. The van der Waals surface area contributed by atoms with Crippen LogP contribution < -0.4 is 10.9 Å². The Bertz CT molecular complexity index is 1040. The predicted octanol–water partition coefficient (Wildman–Crippen LogP) is 1.92. The zero-order valence-electron chi connectivity index (χ0n) is 14.0. The van der Waals surface area contributed by atoms with E-state index in [4.69, 9.17) is 9.15 Å². The fourth-order valence-electron chi connectivity index (χ4n) is 3.16. The first-order valence-corrected chi connectivity index (χ1v) is 8.40. The Morgan fingerprint density at radius 3 is 2.65 bits per heavy atom. The number of carbonyl (C=O) groups excluding carboxylic acids is 1. The molecule has 0 spiro atoms. The molecule has 3 aromatic rings. The zero-order chi connectivity index (χ0) is 18.1. The number of anilines is 1. The van der Waals surface area contributed by atoms with Gasteiger partial charge in [-0.3, -0.25) is 9.69 Å². The molecule has 1 aliphatic heterocycles. The Balaban J connectivity index is 1.62. The Morgan fingerprint density at radius 2 is 1.85 bits per heavy atom. The van der Waals surface area contributed by atoms with Gasteiger partial charge in [0.25, 0.3) is 0 Å². The molecule has 0 atom stereocenters. The number of rotatable bonds is 3. The van der Waals surface area contributed by atoms with Gasteiger partial charge in [0.1, 0.15) is 11.3 Å². The Labute approximate surface area is 148 Å². The van der Waals surface area contributed by atoms with E-state index in [0.717, 1.165) is 18.5 Å². The standard InChI is InChI=1S/C19H18N2O5/c22-13-2-4-15-14-3-1-12(9-16(14)19(24)26-17(15)10-13)20-18(23)11-21-5-7-25-8-6-21/h1-4,9-10,22H,5-8,11H2,(H,20,23). The molecule has 1 aromatic heterocycles. The van der Waals surface area contributed by atoms with Crippen LogP contribution in [0.15, 0.2) is 45.6 Å². The lowest BCUT2D eigenvalue weighted by molar-refractivity contribution is -0.118. The number of amides is 1. The first-order valence-electron chi connectivity index (χ1n) is 8.40. The highest BCUT2D eigenvalue weighted by atomic mass is 16.5. The summed E-state index contributed by atoms with van der Waals surface area (Å²) in [6, 6.07) is 9.80. The van der Waals surface area contributed by atoms with Crippen molar-refractivity contribution < 1.29 is 19.1 Å². The molecule has 1 amide bonds. The maximum absolute atomic E-state index is 12.3. The smallest absolute Gasteiger partial charge is 0.344 e. The van der Waals surface area contributed by atoms with Crippen LogP contribution in [0, 0.1) is 0 Å². The van der Waals surface area contributed by atoms with Crippen LogP contribution in [0.3, 0.4) is 0 Å². The van der Waals surface area contributed by atoms with Gasteiger partial charge < -0.3 is 19.6 Å². The second-order valence-electron chi connectivity index (χ2n) is 6.27. The second kappa shape index (κ2) is 6.78. The number of phenols is 1. The number of carbonyl (C=O) groups is 1. The van der Waals surface area contributed by atoms with E-state index < -0.39 is 5.63 Å². The number of fused-ring (bicyclic) bond motifs is 3. The molecule has 134 valence electrons. The molecule has 1 saturated heterocycles. The average Bonchev–Trinajstić information content (AvgIpc) is 2.62. The molecule has 7 nitrogen and oxygen atoms in total. The van der Waals surface area contributed by atoms with Crippen molar-refractivity contribution in [1.29, 1.82) is 0 Å². The summed E-state index contributed by atoms with van der Waals surface area (Å²) in [6.45, 7) is 3.01. The first kappa shape index (κ1) is 16.6. The average molecular weight is 354 g/mol. The quantitative estimate of drug-likeness (QED) is 0.552. The molecule has 1 fully saturated rings. The van der Waals surface area contributed by atoms with Crippen LogP contribution in [0.2, 0.25) is 0 Å². The van der Waals surface area contributed by atoms with Crippen LogP contribution in [0.5, 0.6) is 5.75 Å². The summed E-state index contributed by atoms with van der Waals surface area (Å²) < 4.78 is 10.6. The first-order chi connectivity index (χ1) is 12.6. The normalized spacial score (nSPS) is 15.4. The number of hydrogen-bond acceptors (Lipinski definition) is 6. The topological polar surface area (TPSA) is 92.0 Å². The fourth-order valence-corrected chi connectivity index (χ4v) is 3.16. The van der Waals surface area contributed by atoms with Crippen molar-refractivity contribution in [2.45, 2.75) is 0 Å². The van der Waals surface area contributed by atoms with Gasteiger partial charge in [-0.1, -0.05) is 6.07 Å². The number of hydrogen-bond donors (Lipinski definition) is 2. The van der Waals surface area contributed by atoms with E-state index in [1.807, 2.05) is 4.90 Å². The lowest BCUT2D eigenvalue weighted by atomic mass is 10.1. The highest BCUT2D eigenvalue weighted by Crippen LogP contribution is 2.27. The van der Waals surface area contributed by atoms with Crippen molar-refractivity contribution in [3.8, 4) is 5.75 Å². The summed E-state index contributed by atoms with van der Waals surface area (Å²) in [5.41, 5.74) is 0.357. The molecule has 26 heavy (non-hydrogen) atoms. The maximum atomic E-state index is 12.3. The molecule has 2 N–H and O–H groups in total. The van der Waals surface area contributed by atoms with Gasteiger partial charge in [-0.2, -0.15) is 0 Å². The number of morpholine rings is 1. The Morgan fingerprint density at radius 1 is 1.08 bits per heavy atom. The van der Waals surface area contributed by atoms with Crippen molar-refractivity contribution >= 4 is 33.3 Å². The van der Waals surface area contributed by atoms with Crippen LogP contribution in [0.4, 0.5) is 5.69 Å². The van der Waals surface area contributed by atoms with Crippen molar-refractivity contribution in [3.05, 3.63) is 46.8 Å². The van der Waals surface area contributed by atoms with E-state index in [-0.39, 0.29) is 18.2 Å². The molecule has 0 unspecified atom stereocenters. The van der Waals surface area contributed by atoms with Crippen LogP contribution in [0.25, 0.3) is 21.7 Å². The lowest BCUT2D eigenvalue weighted by Gasteiger charge is -2.25. The van der Waals surface area contributed by atoms with Crippen molar-refractivity contribution in [2.24, 2.45) is 0 Å². The van der Waals surface area contributed by atoms with Gasteiger partial charge >= 0.3 is 5.63 Å². The number of nitrogens with zero attached hydrogens (tertiary/aromatic N) is 1. The highest BCUT2D eigenvalue weighted by molar-refractivity contribution is 6.06. The van der Waals surface area contributed by atoms with Gasteiger partial charge in [-0.25, -0.2) is 4.79 Å². The van der Waals surface area contributed by atoms with Crippen LogP contribution in [-0.2, 0) is 9.53 Å². The molecule has 0 bridgehead atoms. The molecular formula is C19H18N2O5. The van der Waals surface area contributed by atoms with Crippen molar-refractivity contribution in [2.75, 3.05) is 38.2 Å². The van der Waals surface area contributed by atoms with E-state index in [1.165, 1.54) is 6.07 Å².